The highest BCUT2D eigenvalue weighted by Crippen LogP contribution is 2.43. The molecular formula is C45H35N3O2S. The lowest BCUT2D eigenvalue weighted by atomic mass is 9.83. The van der Waals surface area contributed by atoms with Crippen molar-refractivity contribution in [3.05, 3.63) is 193 Å². The SMILES string of the molecule is COc1ccccc1[C@@H]1C2=C(N=c3s/c(=C/c4cc(-c5ccccc5)n(-c5ccc(C)cc5)c4-c4ccccc4)c(=O)n31)c1ccccc1CC2. The van der Waals surface area contributed by atoms with Crippen LogP contribution in [0.3, 0.4) is 0 Å². The fraction of sp³-hybridized carbons (Fsp3) is 0.111. The average molecular weight is 682 g/mol. The van der Waals surface area contributed by atoms with Crippen LogP contribution in [-0.4, -0.2) is 16.2 Å². The van der Waals surface area contributed by atoms with Gasteiger partial charge in [-0.3, -0.25) is 9.36 Å². The van der Waals surface area contributed by atoms with E-state index >= 15 is 0 Å². The highest BCUT2D eigenvalue weighted by molar-refractivity contribution is 7.07. The Morgan fingerprint density at radius 3 is 2.24 bits per heavy atom. The van der Waals surface area contributed by atoms with Crippen LogP contribution in [0.1, 0.15) is 40.3 Å². The normalized spacial score (nSPS) is 15.2. The van der Waals surface area contributed by atoms with Gasteiger partial charge in [0.25, 0.3) is 5.56 Å². The molecule has 0 bridgehead atoms. The molecule has 0 radical (unpaired) electrons. The van der Waals surface area contributed by atoms with E-state index in [4.69, 9.17) is 9.73 Å². The zero-order valence-corrected chi connectivity index (χ0v) is 29.2. The molecule has 2 aliphatic rings. The third-order valence-corrected chi connectivity index (χ3v) is 11.0. The molecule has 0 amide bonds. The number of hydrogen-bond donors (Lipinski definition) is 0. The highest BCUT2D eigenvalue weighted by atomic mass is 32.1. The molecule has 6 heteroatoms. The molecule has 9 rings (SSSR count). The Balaban J connectivity index is 1.33. The summed E-state index contributed by atoms with van der Waals surface area (Å²) < 4.78 is 10.8. The number of allylic oxidation sites excluding steroid dienone is 1. The first-order valence-corrected chi connectivity index (χ1v) is 18.1. The molecule has 5 aromatic carbocycles. The van der Waals surface area contributed by atoms with E-state index in [1.807, 2.05) is 34.9 Å². The molecular weight excluding hydrogens is 647 g/mol. The fourth-order valence-electron chi connectivity index (χ4n) is 7.65. The lowest BCUT2D eigenvalue weighted by molar-refractivity contribution is 0.402. The van der Waals surface area contributed by atoms with Gasteiger partial charge >= 0.3 is 0 Å². The van der Waals surface area contributed by atoms with Crippen molar-refractivity contribution < 1.29 is 4.74 Å². The molecule has 0 spiro atoms. The second-order valence-corrected chi connectivity index (χ2v) is 14.1. The second kappa shape index (κ2) is 12.7. The van der Waals surface area contributed by atoms with Gasteiger partial charge in [-0.1, -0.05) is 132 Å². The van der Waals surface area contributed by atoms with Gasteiger partial charge in [-0.05, 0) is 72.4 Å². The molecule has 0 saturated heterocycles. The van der Waals surface area contributed by atoms with Crippen molar-refractivity contribution in [2.24, 2.45) is 4.99 Å². The lowest BCUT2D eigenvalue weighted by Gasteiger charge is -2.31. The number of para-hydroxylation sites is 1. The topological polar surface area (TPSA) is 48.5 Å². The third kappa shape index (κ3) is 5.31. The number of ether oxygens (including phenoxy) is 1. The molecule has 248 valence electrons. The van der Waals surface area contributed by atoms with E-state index < -0.39 is 0 Å². The van der Waals surface area contributed by atoms with Gasteiger partial charge in [-0.2, -0.15) is 0 Å². The fourth-order valence-corrected chi connectivity index (χ4v) is 8.64. The Labute approximate surface area is 300 Å². The smallest absolute Gasteiger partial charge is 0.271 e. The quantitative estimate of drug-likeness (QED) is 0.176. The maximum atomic E-state index is 14.9. The number of fused-ring (bicyclic) bond motifs is 3. The highest BCUT2D eigenvalue weighted by Gasteiger charge is 2.34. The minimum absolute atomic E-state index is 0.0524. The van der Waals surface area contributed by atoms with Gasteiger partial charge in [0.2, 0.25) is 0 Å². The van der Waals surface area contributed by atoms with Gasteiger partial charge in [-0.25, -0.2) is 4.99 Å². The van der Waals surface area contributed by atoms with Crippen LogP contribution in [0.5, 0.6) is 5.75 Å². The van der Waals surface area contributed by atoms with Gasteiger partial charge in [0.15, 0.2) is 4.80 Å². The predicted molar refractivity (Wildman–Crippen MR) is 207 cm³/mol. The van der Waals surface area contributed by atoms with Crippen LogP contribution < -0.4 is 19.6 Å². The standard InChI is InChI=1S/C45H35N3O2S/c1-29-21-24-34(25-22-29)47-38(31-14-5-3-6-15-31)27-33(42(47)32-16-7-4-8-17-32)28-40-44(49)48-43(36-19-11-12-20-39(36)50-2)37-26-23-30-13-9-10-18-35(30)41(37)46-45(48)51-40/h3-22,24-25,27-28,43H,23,26H2,1-2H3/b40-28+/t43-/m1/s1. The summed E-state index contributed by atoms with van der Waals surface area (Å²) in [6.45, 7) is 2.11. The Bertz CT molecular complexity index is 2650. The predicted octanol–water partition coefficient (Wildman–Crippen LogP) is 8.76. The zero-order chi connectivity index (χ0) is 34.5. The van der Waals surface area contributed by atoms with Crippen molar-refractivity contribution >= 4 is 23.1 Å². The van der Waals surface area contributed by atoms with Crippen molar-refractivity contribution in [2.75, 3.05) is 7.11 Å². The number of rotatable bonds is 6. The van der Waals surface area contributed by atoms with Crippen molar-refractivity contribution in [3.8, 4) is 34.0 Å². The van der Waals surface area contributed by atoms with Gasteiger partial charge in [0.05, 0.1) is 34.8 Å². The van der Waals surface area contributed by atoms with Crippen LogP contribution in [0.2, 0.25) is 0 Å². The van der Waals surface area contributed by atoms with Gasteiger partial charge in [-0.15, -0.1) is 0 Å². The third-order valence-electron chi connectivity index (χ3n) is 10.0. The first kappa shape index (κ1) is 31.0. The maximum Gasteiger partial charge on any atom is 0.271 e. The molecule has 0 fully saturated rings. The van der Waals surface area contributed by atoms with Crippen LogP contribution in [0.4, 0.5) is 0 Å². The average Bonchev–Trinajstić information content (AvgIpc) is 3.71. The summed E-state index contributed by atoms with van der Waals surface area (Å²) in [5.74, 6) is 0.763. The van der Waals surface area contributed by atoms with Gasteiger partial charge < -0.3 is 9.30 Å². The van der Waals surface area contributed by atoms with Gasteiger partial charge in [0, 0.05) is 22.4 Å². The molecule has 0 unspecified atom stereocenters. The molecule has 1 atom stereocenters. The second-order valence-electron chi connectivity index (χ2n) is 13.1. The summed E-state index contributed by atoms with van der Waals surface area (Å²) in [7, 11) is 1.70. The molecule has 3 heterocycles. The summed E-state index contributed by atoms with van der Waals surface area (Å²) in [5, 5.41) is 0. The van der Waals surface area contributed by atoms with Crippen molar-refractivity contribution in [1.82, 2.24) is 9.13 Å². The molecule has 2 aromatic heterocycles. The Morgan fingerprint density at radius 2 is 1.47 bits per heavy atom. The van der Waals surface area contributed by atoms with Crippen molar-refractivity contribution in [3.63, 3.8) is 0 Å². The number of aromatic nitrogens is 2. The number of benzene rings is 5. The summed E-state index contributed by atoms with van der Waals surface area (Å²) >= 11 is 1.46. The lowest BCUT2D eigenvalue weighted by Crippen LogP contribution is -2.39. The molecule has 7 aromatic rings. The summed E-state index contributed by atoms with van der Waals surface area (Å²) in [6, 6.07) is 48.0. The summed E-state index contributed by atoms with van der Waals surface area (Å²) in [4.78, 5) is 20.8. The Morgan fingerprint density at radius 1 is 0.784 bits per heavy atom. The molecule has 51 heavy (non-hydrogen) atoms. The molecule has 1 aliphatic carbocycles. The van der Waals surface area contributed by atoms with E-state index in [1.165, 1.54) is 22.5 Å². The van der Waals surface area contributed by atoms with Crippen LogP contribution in [-0.2, 0) is 6.42 Å². The monoisotopic (exact) mass is 681 g/mol. The Kier molecular flexibility index (Phi) is 7.74. The zero-order valence-electron chi connectivity index (χ0n) is 28.4. The minimum atomic E-state index is -0.325. The van der Waals surface area contributed by atoms with Crippen molar-refractivity contribution in [2.45, 2.75) is 25.8 Å². The summed E-state index contributed by atoms with van der Waals surface area (Å²) in [5.41, 5.74) is 12.9. The van der Waals surface area contributed by atoms with E-state index in [-0.39, 0.29) is 11.6 Å². The van der Waals surface area contributed by atoms with Crippen molar-refractivity contribution in [1.29, 1.82) is 0 Å². The number of methoxy groups -OCH3 is 1. The maximum absolute atomic E-state index is 14.9. The van der Waals surface area contributed by atoms with E-state index in [9.17, 15) is 4.79 Å². The van der Waals surface area contributed by atoms with E-state index in [1.54, 1.807) is 7.11 Å². The number of aryl methyl sites for hydroxylation is 2. The van der Waals surface area contributed by atoms with E-state index in [0.717, 1.165) is 74.8 Å². The number of thiazole rings is 1. The number of hydrogen-bond acceptors (Lipinski definition) is 4. The summed E-state index contributed by atoms with van der Waals surface area (Å²) in [6.07, 6.45) is 3.79. The van der Waals surface area contributed by atoms with Crippen LogP contribution >= 0.6 is 11.3 Å². The van der Waals surface area contributed by atoms with Crippen LogP contribution in [0.15, 0.2) is 155 Å². The molecule has 5 nitrogen and oxygen atoms in total. The molecule has 0 N–H and O–H groups in total. The molecule has 0 saturated carbocycles. The minimum Gasteiger partial charge on any atom is -0.496 e. The Hall–Kier alpha value is -5.98. The number of nitrogens with zero attached hydrogens (tertiary/aromatic N) is 3. The molecule has 1 aliphatic heterocycles. The largest absolute Gasteiger partial charge is 0.496 e. The first-order valence-electron chi connectivity index (χ1n) is 17.3. The van der Waals surface area contributed by atoms with Crippen LogP contribution in [0.25, 0.3) is 40.0 Å². The van der Waals surface area contributed by atoms with Crippen LogP contribution in [0, 0.1) is 6.92 Å². The first-order chi connectivity index (χ1) is 25.1. The van der Waals surface area contributed by atoms with E-state index in [0.29, 0.717) is 9.33 Å². The van der Waals surface area contributed by atoms with Gasteiger partial charge in [0.1, 0.15) is 5.75 Å². The van der Waals surface area contributed by atoms with E-state index in [2.05, 4.69) is 127 Å².